The topological polar surface area (TPSA) is 72.2 Å². The molecular weight excluding hydrogens is 288 g/mol. The van der Waals surface area contributed by atoms with Gasteiger partial charge in [-0.3, -0.25) is 14.9 Å². The van der Waals surface area contributed by atoms with Crippen molar-refractivity contribution in [2.75, 3.05) is 11.1 Å². The molecule has 0 aliphatic heterocycles. The van der Waals surface area contributed by atoms with E-state index in [1.807, 2.05) is 20.8 Å². The summed E-state index contributed by atoms with van der Waals surface area (Å²) in [4.78, 5) is 21.8. The molecule has 0 aliphatic carbocycles. The van der Waals surface area contributed by atoms with Crippen molar-refractivity contribution in [3.63, 3.8) is 0 Å². The maximum atomic E-state index is 11.7. The van der Waals surface area contributed by atoms with E-state index in [0.717, 1.165) is 0 Å². The molecule has 104 valence electrons. The van der Waals surface area contributed by atoms with Crippen LogP contribution in [0.5, 0.6) is 0 Å². The first-order valence-corrected chi connectivity index (χ1v) is 6.93. The van der Waals surface area contributed by atoms with E-state index >= 15 is 0 Å². The molecule has 1 aromatic rings. The lowest BCUT2D eigenvalue weighted by molar-refractivity contribution is -0.384. The summed E-state index contributed by atoms with van der Waals surface area (Å²) in [5.41, 5.74) is 0.151. The first-order valence-electron chi connectivity index (χ1n) is 5.57. The monoisotopic (exact) mass is 302 g/mol. The van der Waals surface area contributed by atoms with E-state index in [0.29, 0.717) is 11.4 Å². The molecule has 0 atom stereocenters. The maximum absolute atomic E-state index is 11.7. The fraction of sp³-hybridized carbons (Fsp3) is 0.417. The third-order valence-corrected chi connectivity index (χ3v) is 3.66. The largest absolute Gasteiger partial charge is 0.325 e. The number of nitro groups is 1. The summed E-state index contributed by atoms with van der Waals surface area (Å²) < 4.78 is -0.0106. The molecule has 1 N–H and O–H groups in total. The molecule has 1 rings (SSSR count). The number of rotatable bonds is 4. The van der Waals surface area contributed by atoms with E-state index in [-0.39, 0.29) is 21.4 Å². The number of thioether (sulfide) groups is 1. The van der Waals surface area contributed by atoms with Gasteiger partial charge in [0.2, 0.25) is 5.91 Å². The third kappa shape index (κ3) is 5.48. The Morgan fingerprint density at radius 3 is 2.63 bits per heavy atom. The minimum atomic E-state index is -0.581. The molecule has 19 heavy (non-hydrogen) atoms. The Hall–Kier alpha value is -1.27. The van der Waals surface area contributed by atoms with Crippen LogP contribution in [0.4, 0.5) is 11.4 Å². The van der Waals surface area contributed by atoms with Gasteiger partial charge in [0.15, 0.2) is 0 Å². The standard InChI is InChI=1S/C12H15ClN2O3S/c1-12(2,3)19-7-11(16)14-8-4-5-9(13)10(6-8)15(17)18/h4-6H,7H2,1-3H3,(H,14,16). The highest BCUT2D eigenvalue weighted by atomic mass is 35.5. The first-order chi connectivity index (χ1) is 8.69. The van der Waals surface area contributed by atoms with Gasteiger partial charge < -0.3 is 5.32 Å². The minimum Gasteiger partial charge on any atom is -0.325 e. The lowest BCUT2D eigenvalue weighted by Gasteiger charge is -2.16. The van der Waals surface area contributed by atoms with Crippen LogP contribution in [0.2, 0.25) is 5.02 Å². The fourth-order valence-corrected chi connectivity index (χ4v) is 2.03. The molecule has 0 bridgehead atoms. The number of carbonyl (C=O) groups is 1. The molecule has 0 spiro atoms. The molecule has 0 saturated heterocycles. The van der Waals surface area contributed by atoms with Crippen LogP contribution in [-0.2, 0) is 4.79 Å². The summed E-state index contributed by atoms with van der Waals surface area (Å²) in [5.74, 6) is 0.0939. The highest BCUT2D eigenvalue weighted by molar-refractivity contribution is 8.01. The van der Waals surface area contributed by atoms with Gasteiger partial charge >= 0.3 is 0 Å². The van der Waals surface area contributed by atoms with E-state index in [1.165, 1.54) is 30.0 Å². The van der Waals surface area contributed by atoms with E-state index in [9.17, 15) is 14.9 Å². The zero-order valence-corrected chi connectivity index (χ0v) is 12.5. The van der Waals surface area contributed by atoms with Gasteiger partial charge in [-0.25, -0.2) is 0 Å². The van der Waals surface area contributed by atoms with Crippen molar-refractivity contribution < 1.29 is 9.72 Å². The van der Waals surface area contributed by atoms with Crippen LogP contribution in [0.15, 0.2) is 18.2 Å². The molecule has 0 fully saturated rings. The summed E-state index contributed by atoms with van der Waals surface area (Å²) >= 11 is 7.19. The number of halogens is 1. The molecule has 0 saturated carbocycles. The van der Waals surface area contributed by atoms with Gasteiger partial charge in [0.25, 0.3) is 5.69 Å². The van der Waals surface area contributed by atoms with Crippen LogP contribution >= 0.6 is 23.4 Å². The lowest BCUT2D eigenvalue weighted by atomic mass is 10.3. The predicted molar refractivity (Wildman–Crippen MR) is 78.9 cm³/mol. The molecule has 7 heteroatoms. The molecule has 0 unspecified atom stereocenters. The normalized spacial score (nSPS) is 11.2. The van der Waals surface area contributed by atoms with Gasteiger partial charge in [-0.1, -0.05) is 32.4 Å². The molecule has 0 radical (unpaired) electrons. The Labute approximate surface area is 120 Å². The highest BCUT2D eigenvalue weighted by Gasteiger charge is 2.16. The molecule has 0 aromatic heterocycles. The van der Waals surface area contributed by atoms with Crippen LogP contribution in [-0.4, -0.2) is 21.3 Å². The fourth-order valence-electron chi connectivity index (χ4n) is 1.21. The molecule has 5 nitrogen and oxygen atoms in total. The van der Waals surface area contributed by atoms with Gasteiger partial charge in [0.1, 0.15) is 5.02 Å². The average molecular weight is 303 g/mol. The Balaban J connectivity index is 2.70. The van der Waals surface area contributed by atoms with Crippen molar-refractivity contribution in [1.29, 1.82) is 0 Å². The number of nitrogens with one attached hydrogen (secondary N) is 1. The number of nitro benzene ring substituents is 1. The second-order valence-corrected chi connectivity index (χ2v) is 7.08. The van der Waals surface area contributed by atoms with Crippen molar-refractivity contribution in [3.8, 4) is 0 Å². The first kappa shape index (κ1) is 15.8. The number of hydrogen-bond acceptors (Lipinski definition) is 4. The van der Waals surface area contributed by atoms with Crippen LogP contribution in [0.25, 0.3) is 0 Å². The summed E-state index contributed by atoms with van der Waals surface area (Å²) in [7, 11) is 0. The second-order valence-electron chi connectivity index (χ2n) is 4.87. The van der Waals surface area contributed by atoms with Gasteiger partial charge in [-0.15, -0.1) is 11.8 Å². The number of benzene rings is 1. The Morgan fingerprint density at radius 1 is 1.47 bits per heavy atom. The van der Waals surface area contributed by atoms with Crippen LogP contribution < -0.4 is 5.32 Å². The Kier molecular flexibility index (Phi) is 5.20. The number of nitrogens with zero attached hydrogens (tertiary/aromatic N) is 1. The zero-order chi connectivity index (χ0) is 14.6. The quantitative estimate of drug-likeness (QED) is 0.679. The van der Waals surface area contributed by atoms with Crippen molar-refractivity contribution in [3.05, 3.63) is 33.3 Å². The number of carbonyl (C=O) groups excluding carboxylic acids is 1. The zero-order valence-electron chi connectivity index (χ0n) is 10.9. The predicted octanol–water partition coefficient (Wildman–Crippen LogP) is 3.72. The smallest absolute Gasteiger partial charge is 0.289 e. The summed E-state index contributed by atoms with van der Waals surface area (Å²) in [5, 5.41) is 13.4. The minimum absolute atomic E-state index is 0.0106. The second kappa shape index (κ2) is 6.25. The molecule has 1 aromatic carbocycles. The molecular formula is C12H15ClN2O3S. The van der Waals surface area contributed by atoms with Gasteiger partial charge in [-0.2, -0.15) is 0 Å². The highest BCUT2D eigenvalue weighted by Crippen LogP contribution is 2.28. The number of hydrogen-bond donors (Lipinski definition) is 1. The van der Waals surface area contributed by atoms with Crippen molar-refractivity contribution in [2.24, 2.45) is 0 Å². The molecule has 1 amide bonds. The molecule has 0 aliphatic rings. The lowest BCUT2D eigenvalue weighted by Crippen LogP contribution is -2.18. The van der Waals surface area contributed by atoms with Gasteiger partial charge in [0.05, 0.1) is 10.7 Å². The van der Waals surface area contributed by atoms with E-state index in [4.69, 9.17) is 11.6 Å². The third-order valence-electron chi connectivity index (χ3n) is 2.06. The number of anilines is 1. The summed E-state index contributed by atoms with van der Waals surface area (Å²) in [6, 6.07) is 4.18. The van der Waals surface area contributed by atoms with Crippen LogP contribution in [0, 0.1) is 10.1 Å². The van der Waals surface area contributed by atoms with E-state index in [1.54, 1.807) is 0 Å². The average Bonchev–Trinajstić information content (AvgIpc) is 2.28. The van der Waals surface area contributed by atoms with Crippen molar-refractivity contribution >= 4 is 40.6 Å². The summed E-state index contributed by atoms with van der Waals surface area (Å²) in [6.07, 6.45) is 0. The van der Waals surface area contributed by atoms with Gasteiger partial charge in [0, 0.05) is 16.5 Å². The SMILES string of the molecule is CC(C)(C)SCC(=O)Nc1ccc(Cl)c([N+](=O)[O-])c1. The Morgan fingerprint density at radius 2 is 2.11 bits per heavy atom. The molecule has 0 heterocycles. The van der Waals surface area contributed by atoms with Crippen LogP contribution in [0.3, 0.4) is 0 Å². The van der Waals surface area contributed by atoms with Gasteiger partial charge in [-0.05, 0) is 12.1 Å². The summed E-state index contributed by atoms with van der Waals surface area (Å²) in [6.45, 7) is 6.04. The number of amides is 1. The van der Waals surface area contributed by atoms with Crippen molar-refractivity contribution in [1.82, 2.24) is 0 Å². The van der Waals surface area contributed by atoms with Crippen molar-refractivity contribution in [2.45, 2.75) is 25.5 Å². The van der Waals surface area contributed by atoms with E-state index in [2.05, 4.69) is 5.32 Å². The Bertz CT molecular complexity index is 500. The van der Waals surface area contributed by atoms with Crippen LogP contribution in [0.1, 0.15) is 20.8 Å². The maximum Gasteiger partial charge on any atom is 0.289 e. The van der Waals surface area contributed by atoms with E-state index < -0.39 is 4.92 Å².